The summed E-state index contributed by atoms with van der Waals surface area (Å²) >= 11 is 5.42. The van der Waals surface area contributed by atoms with Gasteiger partial charge in [0, 0.05) is 22.2 Å². The number of nitrogens with one attached hydrogen (secondary N) is 2. The van der Waals surface area contributed by atoms with Crippen LogP contribution in [0.2, 0.25) is 0 Å². The van der Waals surface area contributed by atoms with E-state index in [1.807, 2.05) is 27.7 Å². The van der Waals surface area contributed by atoms with Crippen LogP contribution in [0.25, 0.3) is 0 Å². The van der Waals surface area contributed by atoms with Crippen molar-refractivity contribution in [1.82, 2.24) is 15.5 Å². The number of hydrogen-bond donors (Lipinski definition) is 3. The summed E-state index contributed by atoms with van der Waals surface area (Å²) in [5.74, 6) is -1.49. The minimum atomic E-state index is -0.722. The van der Waals surface area contributed by atoms with Gasteiger partial charge in [0.15, 0.2) is 0 Å². The zero-order valence-electron chi connectivity index (χ0n) is 21.6. The second-order valence-electron chi connectivity index (χ2n) is 12.1. The summed E-state index contributed by atoms with van der Waals surface area (Å²) in [6, 6.07) is -1.18. The molecule has 0 aromatic rings. The molecule has 194 valence electrons. The SMILES string of the molecule is CCCNC(=O)[C@H]1[C@H]2C(=O)N([C@@H](CC)CO)C(C(=O)NC(C)(C)CC(C)(C)C)C23CC(Br)[C@@H]1S3. The van der Waals surface area contributed by atoms with Crippen LogP contribution in [-0.4, -0.2) is 73.3 Å². The van der Waals surface area contributed by atoms with Gasteiger partial charge in [-0.05, 0) is 44.9 Å². The number of thioether (sulfide) groups is 1. The zero-order valence-corrected chi connectivity index (χ0v) is 24.0. The van der Waals surface area contributed by atoms with E-state index in [4.69, 9.17) is 0 Å². The van der Waals surface area contributed by atoms with Crippen molar-refractivity contribution in [1.29, 1.82) is 0 Å². The maximum absolute atomic E-state index is 14.0. The Balaban J connectivity index is 2.02. The van der Waals surface area contributed by atoms with Crippen LogP contribution in [0.15, 0.2) is 0 Å². The molecule has 3 rings (SSSR count). The van der Waals surface area contributed by atoms with Crippen LogP contribution >= 0.6 is 27.7 Å². The molecule has 3 fully saturated rings. The van der Waals surface area contributed by atoms with Crippen molar-refractivity contribution in [3.05, 3.63) is 0 Å². The maximum Gasteiger partial charge on any atom is 0.244 e. The Hall–Kier alpha value is -0.800. The second-order valence-corrected chi connectivity index (χ2v) is 14.8. The summed E-state index contributed by atoms with van der Waals surface area (Å²) in [5, 5.41) is 16.3. The summed E-state index contributed by atoms with van der Waals surface area (Å²) in [4.78, 5) is 42.9. The Labute approximate surface area is 217 Å². The maximum atomic E-state index is 14.0. The van der Waals surface area contributed by atoms with Gasteiger partial charge in [0.05, 0.1) is 29.2 Å². The largest absolute Gasteiger partial charge is 0.394 e. The number of fused-ring (bicyclic) bond motifs is 1. The van der Waals surface area contributed by atoms with Gasteiger partial charge >= 0.3 is 0 Å². The molecule has 9 heteroatoms. The molecule has 2 bridgehead atoms. The summed E-state index contributed by atoms with van der Waals surface area (Å²) in [7, 11) is 0. The molecule has 3 heterocycles. The van der Waals surface area contributed by atoms with E-state index in [1.54, 1.807) is 16.7 Å². The molecule has 0 radical (unpaired) electrons. The van der Waals surface area contributed by atoms with Crippen LogP contribution in [0, 0.1) is 17.3 Å². The van der Waals surface area contributed by atoms with E-state index in [1.165, 1.54) is 0 Å². The molecule has 3 saturated heterocycles. The third-order valence-corrected chi connectivity index (χ3v) is 10.6. The first-order chi connectivity index (χ1) is 15.7. The predicted molar refractivity (Wildman–Crippen MR) is 140 cm³/mol. The minimum Gasteiger partial charge on any atom is -0.394 e. The fourth-order valence-electron chi connectivity index (χ4n) is 6.61. The summed E-state index contributed by atoms with van der Waals surface area (Å²) in [6.45, 7) is 14.7. The van der Waals surface area contributed by atoms with Gasteiger partial charge in [-0.15, -0.1) is 11.8 Å². The number of halogens is 1. The highest BCUT2D eigenvalue weighted by molar-refractivity contribution is 9.09. The zero-order chi connectivity index (χ0) is 25.6. The third-order valence-electron chi connectivity index (χ3n) is 7.34. The highest BCUT2D eigenvalue weighted by atomic mass is 79.9. The van der Waals surface area contributed by atoms with Crippen LogP contribution < -0.4 is 10.6 Å². The van der Waals surface area contributed by atoms with Gasteiger partial charge in [0.1, 0.15) is 6.04 Å². The molecule has 3 unspecified atom stereocenters. The number of aliphatic hydroxyl groups excluding tert-OH is 1. The van der Waals surface area contributed by atoms with E-state index in [0.29, 0.717) is 19.4 Å². The van der Waals surface area contributed by atoms with Gasteiger partial charge in [-0.25, -0.2) is 0 Å². The summed E-state index contributed by atoms with van der Waals surface area (Å²) in [6.07, 6.45) is 2.78. The lowest BCUT2D eigenvalue weighted by atomic mass is 9.70. The summed E-state index contributed by atoms with van der Waals surface area (Å²) < 4.78 is -0.686. The number of likely N-dealkylation sites (tertiary alicyclic amines) is 1. The topological polar surface area (TPSA) is 98.7 Å². The van der Waals surface area contributed by atoms with Crippen molar-refractivity contribution in [2.75, 3.05) is 13.2 Å². The Morgan fingerprint density at radius 1 is 1.24 bits per heavy atom. The molecule has 1 spiro atoms. The van der Waals surface area contributed by atoms with Crippen LogP contribution in [0.3, 0.4) is 0 Å². The van der Waals surface area contributed by atoms with Crippen molar-refractivity contribution in [3.8, 4) is 0 Å². The normalized spacial score (nSPS) is 33.7. The number of carbonyl (C=O) groups excluding carboxylic acids is 3. The molecule has 7 nitrogen and oxygen atoms in total. The Kier molecular flexibility index (Phi) is 8.11. The van der Waals surface area contributed by atoms with Gasteiger partial charge < -0.3 is 20.6 Å². The molecule has 3 aliphatic rings. The third kappa shape index (κ3) is 4.90. The molecular weight excluding hydrogens is 518 g/mol. The highest BCUT2D eigenvalue weighted by Crippen LogP contribution is 2.68. The molecule has 0 aromatic heterocycles. The fraction of sp³-hybridized carbons (Fsp3) is 0.880. The molecule has 34 heavy (non-hydrogen) atoms. The number of rotatable bonds is 9. The molecule has 0 aromatic carbocycles. The van der Waals surface area contributed by atoms with Crippen LogP contribution in [-0.2, 0) is 14.4 Å². The van der Waals surface area contributed by atoms with Crippen molar-refractivity contribution in [2.24, 2.45) is 17.3 Å². The Morgan fingerprint density at radius 3 is 2.41 bits per heavy atom. The number of hydrogen-bond acceptors (Lipinski definition) is 5. The number of nitrogens with zero attached hydrogens (tertiary/aromatic N) is 1. The van der Waals surface area contributed by atoms with E-state index in [9.17, 15) is 19.5 Å². The first kappa shape index (κ1) is 27.8. The van der Waals surface area contributed by atoms with Gasteiger partial charge in [-0.3, -0.25) is 14.4 Å². The monoisotopic (exact) mass is 559 g/mol. The average molecular weight is 561 g/mol. The molecule has 7 atom stereocenters. The van der Waals surface area contributed by atoms with Gasteiger partial charge in [0.25, 0.3) is 0 Å². The first-order valence-electron chi connectivity index (χ1n) is 12.6. The van der Waals surface area contributed by atoms with Crippen molar-refractivity contribution in [2.45, 2.75) is 107 Å². The predicted octanol–water partition coefficient (Wildman–Crippen LogP) is 3.08. The van der Waals surface area contributed by atoms with Crippen LogP contribution in [0.1, 0.15) is 74.1 Å². The number of carbonyl (C=O) groups is 3. The average Bonchev–Trinajstić information content (AvgIpc) is 3.29. The van der Waals surface area contributed by atoms with Gasteiger partial charge in [-0.2, -0.15) is 0 Å². The number of amides is 3. The molecule has 3 N–H and O–H groups in total. The first-order valence-corrected chi connectivity index (χ1v) is 14.4. The quantitative estimate of drug-likeness (QED) is 0.377. The molecular formula is C25H42BrN3O4S. The number of alkyl halides is 1. The minimum absolute atomic E-state index is 0.0177. The van der Waals surface area contributed by atoms with Crippen LogP contribution in [0.4, 0.5) is 0 Å². The molecule has 0 saturated carbocycles. The molecule has 3 aliphatic heterocycles. The van der Waals surface area contributed by atoms with E-state index in [2.05, 4.69) is 47.3 Å². The van der Waals surface area contributed by atoms with Crippen molar-refractivity contribution in [3.63, 3.8) is 0 Å². The lowest BCUT2D eigenvalue weighted by Crippen LogP contribution is -2.60. The smallest absolute Gasteiger partial charge is 0.244 e. The van der Waals surface area contributed by atoms with Crippen molar-refractivity contribution < 1.29 is 19.5 Å². The standard InChI is InChI=1S/C25H42BrN3O4S/c1-8-10-27-20(31)16-17-22(33)29(14(9-2)12-30)19(25(17)11-15(26)18(16)34-25)21(32)28-24(6,7)13-23(3,4)5/h14-19,30H,8-13H2,1-7H3,(H,27,31)(H,28,32)/t14-,15?,16-,17-,18-,19?,25?/m0/s1. The van der Waals surface area contributed by atoms with E-state index in [0.717, 1.165) is 12.8 Å². The Morgan fingerprint density at radius 2 is 1.88 bits per heavy atom. The van der Waals surface area contributed by atoms with E-state index in [-0.39, 0.29) is 39.8 Å². The Bertz CT molecular complexity index is 812. The van der Waals surface area contributed by atoms with E-state index >= 15 is 0 Å². The van der Waals surface area contributed by atoms with E-state index < -0.39 is 34.2 Å². The summed E-state index contributed by atoms with van der Waals surface area (Å²) in [5.41, 5.74) is -0.448. The lowest BCUT2D eigenvalue weighted by Gasteiger charge is -2.40. The van der Waals surface area contributed by atoms with Gasteiger partial charge in [0.2, 0.25) is 17.7 Å². The van der Waals surface area contributed by atoms with Gasteiger partial charge in [-0.1, -0.05) is 50.5 Å². The number of aliphatic hydroxyl groups is 1. The fourth-order valence-corrected chi connectivity index (χ4v) is 10.2. The van der Waals surface area contributed by atoms with Crippen LogP contribution in [0.5, 0.6) is 0 Å². The molecule has 3 amide bonds. The lowest BCUT2D eigenvalue weighted by molar-refractivity contribution is -0.143. The highest BCUT2D eigenvalue weighted by Gasteiger charge is 2.76. The van der Waals surface area contributed by atoms with Crippen molar-refractivity contribution >= 4 is 45.4 Å². The second kappa shape index (κ2) is 9.92. The molecule has 0 aliphatic carbocycles.